The van der Waals surface area contributed by atoms with E-state index in [0.717, 1.165) is 5.56 Å². The van der Waals surface area contributed by atoms with Gasteiger partial charge < -0.3 is 15.0 Å². The highest BCUT2D eigenvalue weighted by Gasteiger charge is 2.28. The molecule has 136 valence electrons. The Hall–Kier alpha value is -2.66. The highest BCUT2D eigenvalue weighted by Crippen LogP contribution is 2.21. The van der Waals surface area contributed by atoms with E-state index < -0.39 is 0 Å². The zero-order chi connectivity index (χ0) is 18.7. The van der Waals surface area contributed by atoms with Crippen molar-refractivity contribution in [3.8, 4) is 0 Å². The first kappa shape index (κ1) is 18.1. The number of ether oxygens (including phenoxy) is 1. The van der Waals surface area contributed by atoms with E-state index >= 15 is 0 Å². The highest BCUT2D eigenvalue weighted by atomic mass is 16.5. The second-order valence-electron chi connectivity index (χ2n) is 6.83. The van der Waals surface area contributed by atoms with Gasteiger partial charge in [-0.2, -0.15) is 0 Å². The van der Waals surface area contributed by atoms with E-state index in [2.05, 4.69) is 5.32 Å². The summed E-state index contributed by atoms with van der Waals surface area (Å²) >= 11 is 0. The van der Waals surface area contributed by atoms with Gasteiger partial charge in [0.15, 0.2) is 0 Å². The standard InChI is InChI=1S/C21H24N2O3/c1-14-8-10-17(11-9-14)20(24)22-19-7-5-4-6-18(19)21(25)23-12-15(2)26-16(3)13-23/h4-11,15-16H,12-13H2,1-3H3,(H,22,24)/t15-,16+. The molecule has 1 saturated heterocycles. The first-order valence-electron chi connectivity index (χ1n) is 8.86. The molecule has 5 heteroatoms. The molecule has 1 N–H and O–H groups in total. The largest absolute Gasteiger partial charge is 0.372 e. The van der Waals surface area contributed by atoms with Crippen molar-refractivity contribution in [1.82, 2.24) is 4.90 Å². The van der Waals surface area contributed by atoms with Crippen LogP contribution < -0.4 is 5.32 Å². The average Bonchev–Trinajstić information content (AvgIpc) is 2.61. The van der Waals surface area contributed by atoms with E-state index in [9.17, 15) is 9.59 Å². The van der Waals surface area contributed by atoms with Gasteiger partial charge in [-0.15, -0.1) is 0 Å². The lowest BCUT2D eigenvalue weighted by atomic mass is 10.1. The molecule has 2 atom stereocenters. The van der Waals surface area contributed by atoms with Crippen molar-refractivity contribution >= 4 is 17.5 Å². The van der Waals surface area contributed by atoms with Gasteiger partial charge in [-0.1, -0.05) is 29.8 Å². The average molecular weight is 352 g/mol. The van der Waals surface area contributed by atoms with E-state index in [-0.39, 0.29) is 24.0 Å². The molecule has 0 spiro atoms. The minimum Gasteiger partial charge on any atom is -0.372 e. The smallest absolute Gasteiger partial charge is 0.256 e. The third kappa shape index (κ3) is 4.11. The van der Waals surface area contributed by atoms with Gasteiger partial charge in [0.25, 0.3) is 11.8 Å². The fourth-order valence-electron chi connectivity index (χ4n) is 3.19. The van der Waals surface area contributed by atoms with Crippen molar-refractivity contribution in [2.24, 2.45) is 0 Å². The number of para-hydroxylation sites is 1. The van der Waals surface area contributed by atoms with Crippen LogP contribution in [0.3, 0.4) is 0 Å². The maximum Gasteiger partial charge on any atom is 0.256 e. The summed E-state index contributed by atoms with van der Waals surface area (Å²) in [5.74, 6) is -0.319. The molecular formula is C21H24N2O3. The number of carbonyl (C=O) groups is 2. The maximum absolute atomic E-state index is 13.0. The molecule has 1 heterocycles. The Labute approximate surface area is 154 Å². The molecule has 1 fully saturated rings. The minimum atomic E-state index is -0.228. The van der Waals surface area contributed by atoms with Gasteiger partial charge in [0, 0.05) is 18.7 Å². The molecule has 2 aromatic rings. The number of benzene rings is 2. The fraction of sp³-hybridized carbons (Fsp3) is 0.333. The SMILES string of the molecule is Cc1ccc(C(=O)Nc2ccccc2C(=O)N2C[C@@H](C)O[C@@H](C)C2)cc1. The lowest BCUT2D eigenvalue weighted by molar-refractivity contribution is -0.0585. The molecule has 0 saturated carbocycles. The molecule has 1 aliphatic heterocycles. The second-order valence-corrected chi connectivity index (χ2v) is 6.83. The van der Waals surface area contributed by atoms with Crippen LogP contribution in [0.5, 0.6) is 0 Å². The lowest BCUT2D eigenvalue weighted by Gasteiger charge is -2.35. The van der Waals surface area contributed by atoms with Gasteiger partial charge in [-0.05, 0) is 45.0 Å². The van der Waals surface area contributed by atoms with Crippen LogP contribution in [-0.2, 0) is 4.74 Å². The van der Waals surface area contributed by atoms with E-state index in [1.807, 2.05) is 45.0 Å². The van der Waals surface area contributed by atoms with Gasteiger partial charge in [-0.25, -0.2) is 0 Å². The molecule has 0 bridgehead atoms. The minimum absolute atomic E-state index is 0.00277. The Morgan fingerprint density at radius 1 is 1.00 bits per heavy atom. The van der Waals surface area contributed by atoms with Gasteiger partial charge >= 0.3 is 0 Å². The quantitative estimate of drug-likeness (QED) is 0.920. The predicted molar refractivity (Wildman–Crippen MR) is 101 cm³/mol. The number of hydrogen-bond donors (Lipinski definition) is 1. The van der Waals surface area contributed by atoms with E-state index in [1.54, 1.807) is 29.2 Å². The number of rotatable bonds is 3. The first-order valence-corrected chi connectivity index (χ1v) is 8.86. The lowest BCUT2D eigenvalue weighted by Crippen LogP contribution is -2.48. The first-order chi connectivity index (χ1) is 12.4. The summed E-state index contributed by atoms with van der Waals surface area (Å²) in [5, 5.41) is 2.87. The van der Waals surface area contributed by atoms with Crippen molar-refractivity contribution in [1.29, 1.82) is 0 Å². The van der Waals surface area contributed by atoms with Crippen LogP contribution in [-0.4, -0.2) is 42.0 Å². The van der Waals surface area contributed by atoms with Gasteiger partial charge in [0.05, 0.1) is 23.5 Å². The van der Waals surface area contributed by atoms with E-state index in [4.69, 9.17) is 4.74 Å². The summed E-state index contributed by atoms with van der Waals surface area (Å²) in [4.78, 5) is 27.3. The Morgan fingerprint density at radius 2 is 1.62 bits per heavy atom. The van der Waals surface area contributed by atoms with E-state index in [1.165, 1.54) is 0 Å². The zero-order valence-electron chi connectivity index (χ0n) is 15.4. The number of hydrogen-bond acceptors (Lipinski definition) is 3. The third-order valence-corrected chi connectivity index (χ3v) is 4.43. The normalized spacial score (nSPS) is 19.9. The number of carbonyl (C=O) groups excluding carboxylic acids is 2. The molecule has 0 aromatic heterocycles. The van der Waals surface area contributed by atoms with Crippen LogP contribution in [0.2, 0.25) is 0 Å². The summed E-state index contributed by atoms with van der Waals surface area (Å²) in [6.45, 7) is 6.98. The number of anilines is 1. The monoisotopic (exact) mass is 352 g/mol. The summed E-state index contributed by atoms with van der Waals surface area (Å²) in [6, 6.07) is 14.5. The molecule has 5 nitrogen and oxygen atoms in total. The van der Waals surface area contributed by atoms with Crippen molar-refractivity contribution in [3.63, 3.8) is 0 Å². The molecule has 2 aromatic carbocycles. The van der Waals surface area contributed by atoms with Crippen molar-refractivity contribution in [2.45, 2.75) is 33.0 Å². The fourth-order valence-corrected chi connectivity index (χ4v) is 3.19. The molecule has 2 amide bonds. The summed E-state index contributed by atoms with van der Waals surface area (Å²) in [7, 11) is 0. The topological polar surface area (TPSA) is 58.6 Å². The van der Waals surface area contributed by atoms with Crippen LogP contribution in [0.1, 0.15) is 40.1 Å². The van der Waals surface area contributed by atoms with Crippen LogP contribution in [0.4, 0.5) is 5.69 Å². The van der Waals surface area contributed by atoms with Gasteiger partial charge in [0.2, 0.25) is 0 Å². The summed E-state index contributed by atoms with van der Waals surface area (Å²) < 4.78 is 5.70. The number of aryl methyl sites for hydroxylation is 1. The Morgan fingerprint density at radius 3 is 2.27 bits per heavy atom. The van der Waals surface area contributed by atoms with Gasteiger partial charge in [0.1, 0.15) is 0 Å². The number of amides is 2. The second kappa shape index (κ2) is 7.70. The molecule has 0 radical (unpaired) electrons. The predicted octanol–water partition coefficient (Wildman–Crippen LogP) is 3.50. The Balaban J connectivity index is 1.80. The summed E-state index contributed by atoms with van der Waals surface area (Å²) in [6.07, 6.45) is -0.00553. The Bertz CT molecular complexity index is 791. The van der Waals surface area contributed by atoms with Crippen molar-refractivity contribution < 1.29 is 14.3 Å². The number of nitrogens with zero attached hydrogens (tertiary/aromatic N) is 1. The highest BCUT2D eigenvalue weighted by molar-refractivity contribution is 6.09. The Kier molecular flexibility index (Phi) is 5.38. The van der Waals surface area contributed by atoms with Crippen LogP contribution >= 0.6 is 0 Å². The number of nitrogens with one attached hydrogen (secondary N) is 1. The van der Waals surface area contributed by atoms with Crippen molar-refractivity contribution in [3.05, 3.63) is 65.2 Å². The molecule has 0 aliphatic carbocycles. The van der Waals surface area contributed by atoms with Crippen LogP contribution in [0.15, 0.2) is 48.5 Å². The molecule has 0 unspecified atom stereocenters. The third-order valence-electron chi connectivity index (χ3n) is 4.43. The number of morpholine rings is 1. The molecule has 26 heavy (non-hydrogen) atoms. The summed E-state index contributed by atoms with van der Waals surface area (Å²) in [5.41, 5.74) is 2.67. The van der Waals surface area contributed by atoms with Crippen molar-refractivity contribution in [2.75, 3.05) is 18.4 Å². The van der Waals surface area contributed by atoms with E-state index in [0.29, 0.717) is 29.9 Å². The molecular weight excluding hydrogens is 328 g/mol. The molecule has 1 aliphatic rings. The van der Waals surface area contributed by atoms with Gasteiger partial charge in [-0.3, -0.25) is 9.59 Å². The zero-order valence-corrected chi connectivity index (χ0v) is 15.4. The molecule has 3 rings (SSSR count). The maximum atomic E-state index is 13.0. The van der Waals surface area contributed by atoms with Crippen LogP contribution in [0, 0.1) is 6.92 Å². The van der Waals surface area contributed by atoms with Crippen LogP contribution in [0.25, 0.3) is 0 Å².